The van der Waals surface area contributed by atoms with Crippen LogP contribution in [0.25, 0.3) is 0 Å². The van der Waals surface area contributed by atoms with Crippen molar-refractivity contribution in [2.75, 3.05) is 0 Å². The first kappa shape index (κ1) is 13.3. The van der Waals surface area contributed by atoms with Crippen molar-refractivity contribution in [1.82, 2.24) is 0 Å². The Morgan fingerprint density at radius 1 is 0.938 bits per heavy atom. The Balaban J connectivity index is 2.57. The van der Waals surface area contributed by atoms with Crippen molar-refractivity contribution >= 4 is 0 Å². The molecule has 0 saturated heterocycles. The van der Waals surface area contributed by atoms with E-state index in [2.05, 4.69) is 52.0 Å². The summed E-state index contributed by atoms with van der Waals surface area (Å²) in [5, 5.41) is 0. The first-order valence-corrected chi connectivity index (χ1v) is 6.73. The average molecular weight is 218 g/mol. The summed E-state index contributed by atoms with van der Waals surface area (Å²) in [7, 11) is 0. The highest BCUT2D eigenvalue weighted by Crippen LogP contribution is 2.27. The van der Waals surface area contributed by atoms with Crippen molar-refractivity contribution < 1.29 is 0 Å². The Hall–Kier alpha value is -0.780. The fraction of sp³-hybridized carbons (Fsp3) is 0.625. The van der Waals surface area contributed by atoms with Crippen LogP contribution in [-0.4, -0.2) is 0 Å². The van der Waals surface area contributed by atoms with Crippen LogP contribution in [0.2, 0.25) is 0 Å². The number of benzene rings is 1. The van der Waals surface area contributed by atoms with Gasteiger partial charge in [-0.1, -0.05) is 63.4 Å². The molecule has 90 valence electrons. The molecule has 0 fully saturated rings. The molecule has 2 atom stereocenters. The monoisotopic (exact) mass is 218 g/mol. The summed E-state index contributed by atoms with van der Waals surface area (Å²) in [5.74, 6) is 1.63. The zero-order valence-electron chi connectivity index (χ0n) is 11.3. The van der Waals surface area contributed by atoms with E-state index in [4.69, 9.17) is 0 Å². The normalized spacial score (nSPS) is 14.8. The minimum absolute atomic E-state index is 0.759. The van der Waals surface area contributed by atoms with Crippen LogP contribution in [0.4, 0.5) is 0 Å². The van der Waals surface area contributed by atoms with Gasteiger partial charge in [-0.15, -0.1) is 0 Å². The molecule has 0 aliphatic carbocycles. The molecule has 1 aromatic carbocycles. The average Bonchev–Trinajstić information content (AvgIpc) is 2.31. The van der Waals surface area contributed by atoms with E-state index in [0.29, 0.717) is 0 Å². The third-order valence-corrected chi connectivity index (χ3v) is 3.75. The van der Waals surface area contributed by atoms with E-state index in [9.17, 15) is 0 Å². The lowest BCUT2D eigenvalue weighted by atomic mass is 9.88. The van der Waals surface area contributed by atoms with Crippen molar-refractivity contribution in [3.05, 3.63) is 35.4 Å². The molecule has 0 saturated carbocycles. The fourth-order valence-electron chi connectivity index (χ4n) is 2.13. The van der Waals surface area contributed by atoms with Crippen LogP contribution in [-0.2, 0) is 0 Å². The van der Waals surface area contributed by atoms with Crippen LogP contribution >= 0.6 is 0 Å². The van der Waals surface area contributed by atoms with Crippen LogP contribution in [0.5, 0.6) is 0 Å². The third-order valence-electron chi connectivity index (χ3n) is 3.75. The number of aryl methyl sites for hydroxylation is 1. The molecule has 0 nitrogen and oxygen atoms in total. The number of hydrogen-bond donors (Lipinski definition) is 0. The van der Waals surface area contributed by atoms with Crippen molar-refractivity contribution in [1.29, 1.82) is 0 Å². The molecule has 0 radical (unpaired) electrons. The van der Waals surface area contributed by atoms with Crippen molar-refractivity contribution in [2.45, 2.75) is 59.3 Å². The molecule has 0 heteroatoms. The fourth-order valence-corrected chi connectivity index (χ4v) is 2.13. The van der Waals surface area contributed by atoms with Crippen molar-refractivity contribution in [3.63, 3.8) is 0 Å². The van der Waals surface area contributed by atoms with Gasteiger partial charge in [-0.05, 0) is 37.2 Å². The van der Waals surface area contributed by atoms with Crippen LogP contribution in [0, 0.1) is 12.8 Å². The van der Waals surface area contributed by atoms with Crippen LogP contribution < -0.4 is 0 Å². The predicted octanol–water partition coefficient (Wildman–Crippen LogP) is 5.31. The van der Waals surface area contributed by atoms with E-state index in [-0.39, 0.29) is 0 Å². The van der Waals surface area contributed by atoms with Gasteiger partial charge < -0.3 is 0 Å². The second kappa shape index (κ2) is 6.73. The zero-order valence-corrected chi connectivity index (χ0v) is 11.3. The molecule has 0 amide bonds. The van der Waals surface area contributed by atoms with E-state index in [0.717, 1.165) is 11.8 Å². The van der Waals surface area contributed by atoms with Gasteiger partial charge in [0.15, 0.2) is 0 Å². The van der Waals surface area contributed by atoms with Gasteiger partial charge in [0.1, 0.15) is 0 Å². The molecule has 2 unspecified atom stereocenters. The van der Waals surface area contributed by atoms with E-state index in [1.807, 2.05) is 0 Å². The van der Waals surface area contributed by atoms with Crippen molar-refractivity contribution in [3.8, 4) is 0 Å². The first-order chi connectivity index (χ1) is 7.67. The highest BCUT2D eigenvalue weighted by atomic mass is 14.2. The maximum Gasteiger partial charge on any atom is -0.0164 e. The largest absolute Gasteiger partial charge is 0.0651 e. The molecule has 1 rings (SSSR count). The summed E-state index contributed by atoms with van der Waals surface area (Å²) in [5.41, 5.74) is 2.89. The minimum Gasteiger partial charge on any atom is -0.0651 e. The van der Waals surface area contributed by atoms with Gasteiger partial charge in [-0.2, -0.15) is 0 Å². The number of rotatable bonds is 6. The van der Waals surface area contributed by atoms with Gasteiger partial charge in [0.2, 0.25) is 0 Å². The number of hydrogen-bond acceptors (Lipinski definition) is 0. The molecule has 0 aromatic heterocycles. The second-order valence-corrected chi connectivity index (χ2v) is 5.11. The van der Waals surface area contributed by atoms with Crippen LogP contribution in [0.1, 0.15) is 63.5 Å². The van der Waals surface area contributed by atoms with E-state index in [1.54, 1.807) is 0 Å². The summed E-state index contributed by atoms with van der Waals surface area (Å²) >= 11 is 0. The maximum atomic E-state index is 2.36. The summed E-state index contributed by atoms with van der Waals surface area (Å²) < 4.78 is 0. The Bertz CT molecular complexity index is 283. The molecular weight excluding hydrogens is 192 g/mol. The second-order valence-electron chi connectivity index (χ2n) is 5.11. The molecule has 0 aliphatic rings. The Kier molecular flexibility index (Phi) is 5.59. The highest BCUT2D eigenvalue weighted by molar-refractivity contribution is 5.24. The third kappa shape index (κ3) is 4.00. The molecule has 16 heavy (non-hydrogen) atoms. The minimum atomic E-state index is 0.759. The van der Waals surface area contributed by atoms with Gasteiger partial charge in [0.25, 0.3) is 0 Å². The van der Waals surface area contributed by atoms with Gasteiger partial charge in [-0.25, -0.2) is 0 Å². The zero-order chi connectivity index (χ0) is 12.0. The summed E-state index contributed by atoms with van der Waals surface area (Å²) in [6.45, 7) is 9.12. The SMILES string of the molecule is CCC(C)CCC(CC)c1ccc(C)cc1. The lowest BCUT2D eigenvalue weighted by molar-refractivity contribution is 0.454. The van der Waals surface area contributed by atoms with Crippen LogP contribution in [0.3, 0.4) is 0 Å². The van der Waals surface area contributed by atoms with Gasteiger partial charge in [0.05, 0.1) is 0 Å². The molecule has 0 spiro atoms. The van der Waals surface area contributed by atoms with Crippen molar-refractivity contribution in [2.24, 2.45) is 5.92 Å². The topological polar surface area (TPSA) is 0 Å². The Morgan fingerprint density at radius 2 is 1.56 bits per heavy atom. The maximum absolute atomic E-state index is 2.36. The van der Waals surface area contributed by atoms with Gasteiger partial charge in [0, 0.05) is 0 Å². The smallest absolute Gasteiger partial charge is 0.0164 e. The Labute approximate surface area is 101 Å². The molecule has 0 aliphatic heterocycles. The highest BCUT2D eigenvalue weighted by Gasteiger charge is 2.10. The summed E-state index contributed by atoms with van der Waals surface area (Å²) in [6, 6.07) is 9.09. The molecule has 1 aromatic rings. The summed E-state index contributed by atoms with van der Waals surface area (Å²) in [6.07, 6.45) is 5.28. The van der Waals surface area contributed by atoms with E-state index >= 15 is 0 Å². The lowest BCUT2D eigenvalue weighted by Crippen LogP contribution is -2.01. The molecule has 0 heterocycles. The summed E-state index contributed by atoms with van der Waals surface area (Å²) in [4.78, 5) is 0. The van der Waals surface area contributed by atoms with Crippen LogP contribution in [0.15, 0.2) is 24.3 Å². The van der Waals surface area contributed by atoms with Gasteiger partial charge >= 0.3 is 0 Å². The molecule has 0 N–H and O–H groups in total. The van der Waals surface area contributed by atoms with Gasteiger partial charge in [-0.3, -0.25) is 0 Å². The first-order valence-electron chi connectivity index (χ1n) is 6.73. The van der Waals surface area contributed by atoms with E-state index in [1.165, 1.54) is 36.8 Å². The standard InChI is InChI=1S/C16H26/c1-5-13(3)7-10-15(6-2)16-11-8-14(4)9-12-16/h8-9,11-13,15H,5-7,10H2,1-4H3. The lowest BCUT2D eigenvalue weighted by Gasteiger charge is -2.17. The van der Waals surface area contributed by atoms with E-state index < -0.39 is 0 Å². The molecular formula is C16H26. The Morgan fingerprint density at radius 3 is 2.06 bits per heavy atom. The molecule has 0 bridgehead atoms. The quantitative estimate of drug-likeness (QED) is 0.606. The predicted molar refractivity (Wildman–Crippen MR) is 72.9 cm³/mol.